The minimum Gasteiger partial charge on any atom is -0.326 e. The highest BCUT2D eigenvalue weighted by Gasteiger charge is 2.44. The zero-order chi connectivity index (χ0) is 19.4. The van der Waals surface area contributed by atoms with Crippen molar-refractivity contribution >= 4 is 35.2 Å². The number of carbonyl (C=O) groups is 5. The van der Waals surface area contributed by atoms with Crippen LogP contribution in [0.1, 0.15) is 37.6 Å². The first-order chi connectivity index (χ1) is 12.3. The minimum atomic E-state index is -0.988. The molecule has 1 aliphatic heterocycles. The maximum Gasteiger partial charge on any atom is 0.334 e. The van der Waals surface area contributed by atoms with E-state index in [1.54, 1.807) is 32.9 Å². The Kier molecular flexibility index (Phi) is 5.86. The van der Waals surface area contributed by atoms with Crippen LogP contribution in [0.4, 0.5) is 10.5 Å². The molecule has 138 valence electrons. The molecule has 0 radical (unpaired) electrons. The maximum atomic E-state index is 12.3. The highest BCUT2D eigenvalue weighted by atomic mass is 16.2. The van der Waals surface area contributed by atoms with Crippen LogP contribution in [0.5, 0.6) is 0 Å². The van der Waals surface area contributed by atoms with Crippen LogP contribution in [0, 0.1) is 5.92 Å². The van der Waals surface area contributed by atoms with Gasteiger partial charge in [-0.25, -0.2) is 9.69 Å². The number of carbonyl (C=O) groups excluding carboxylic acids is 5. The summed E-state index contributed by atoms with van der Waals surface area (Å²) in [6.07, 6.45) is 0.524. The second-order valence-electron chi connectivity index (χ2n) is 6.28. The number of hydrogen-bond acceptors (Lipinski definition) is 5. The molecule has 1 aromatic rings. The number of hydrogen-bond donors (Lipinski definition) is 1. The second-order valence-corrected chi connectivity index (χ2v) is 6.28. The number of Topliss-reactive ketones (excluding diaryl/α,β-unsaturated/α-hetero) is 1. The zero-order valence-electron chi connectivity index (χ0n) is 14.9. The number of ketones is 1. The Morgan fingerprint density at radius 1 is 1.00 bits per heavy atom. The highest BCUT2D eigenvalue weighted by Crippen LogP contribution is 2.15. The fourth-order valence-corrected chi connectivity index (χ4v) is 2.37. The summed E-state index contributed by atoms with van der Waals surface area (Å²) in [5.74, 6) is -2.69. The van der Waals surface area contributed by atoms with Crippen molar-refractivity contribution in [2.75, 3.05) is 18.4 Å². The first-order valence-corrected chi connectivity index (χ1v) is 8.37. The Balaban J connectivity index is 2.06. The lowest BCUT2D eigenvalue weighted by Gasteiger charge is -2.14. The Morgan fingerprint density at radius 2 is 1.58 bits per heavy atom. The van der Waals surface area contributed by atoms with Gasteiger partial charge in [0.2, 0.25) is 5.91 Å². The van der Waals surface area contributed by atoms with Gasteiger partial charge >= 0.3 is 17.8 Å². The predicted octanol–water partition coefficient (Wildman–Crippen LogP) is 1.66. The molecule has 0 unspecified atom stereocenters. The van der Waals surface area contributed by atoms with E-state index < -0.39 is 30.2 Å². The quantitative estimate of drug-likeness (QED) is 0.453. The molecule has 8 heteroatoms. The molecule has 1 heterocycles. The van der Waals surface area contributed by atoms with Crippen molar-refractivity contribution < 1.29 is 24.0 Å². The Hall–Kier alpha value is -3.03. The normalized spacial score (nSPS) is 14.4. The van der Waals surface area contributed by atoms with Crippen molar-refractivity contribution in [2.45, 2.75) is 27.2 Å². The standard InChI is InChI=1S/C18H21N3O5/c1-4-9-20-16(24)17(25)21(18(20)26)10-14(22)12-5-7-13(8-6-12)19-15(23)11(2)3/h5-8,11H,4,9-10H2,1-3H3,(H,19,23). The lowest BCUT2D eigenvalue weighted by molar-refractivity contribution is -0.143. The number of benzene rings is 1. The summed E-state index contributed by atoms with van der Waals surface area (Å²) < 4.78 is 0. The molecule has 1 N–H and O–H groups in total. The lowest BCUT2D eigenvalue weighted by atomic mass is 10.1. The number of imide groups is 2. The fraction of sp³-hybridized carbons (Fsp3) is 0.389. The van der Waals surface area contributed by atoms with Gasteiger partial charge in [0, 0.05) is 23.7 Å². The van der Waals surface area contributed by atoms with E-state index in [-0.39, 0.29) is 23.9 Å². The van der Waals surface area contributed by atoms with Crippen molar-refractivity contribution in [3.05, 3.63) is 29.8 Å². The van der Waals surface area contributed by atoms with E-state index in [4.69, 9.17) is 0 Å². The number of nitrogens with one attached hydrogen (secondary N) is 1. The topological polar surface area (TPSA) is 104 Å². The Labute approximate surface area is 151 Å². The average molecular weight is 359 g/mol. The van der Waals surface area contributed by atoms with Crippen molar-refractivity contribution in [1.82, 2.24) is 9.80 Å². The van der Waals surface area contributed by atoms with Gasteiger partial charge < -0.3 is 5.32 Å². The minimum absolute atomic E-state index is 0.137. The molecule has 1 aromatic carbocycles. The fourth-order valence-electron chi connectivity index (χ4n) is 2.37. The molecule has 2 rings (SSSR count). The van der Waals surface area contributed by atoms with Gasteiger partial charge in [0.25, 0.3) is 0 Å². The SMILES string of the molecule is CCCN1C(=O)C(=O)N(CC(=O)c2ccc(NC(=O)C(C)C)cc2)C1=O. The summed E-state index contributed by atoms with van der Waals surface area (Å²) in [5, 5.41) is 2.70. The zero-order valence-corrected chi connectivity index (χ0v) is 14.9. The Morgan fingerprint density at radius 3 is 2.12 bits per heavy atom. The maximum absolute atomic E-state index is 12.3. The van der Waals surface area contributed by atoms with Crippen LogP contribution in [0.25, 0.3) is 0 Å². The Bertz CT molecular complexity index is 755. The first-order valence-electron chi connectivity index (χ1n) is 8.37. The van der Waals surface area contributed by atoms with Gasteiger partial charge in [0.15, 0.2) is 5.78 Å². The number of anilines is 1. The highest BCUT2D eigenvalue weighted by molar-refractivity contribution is 6.45. The van der Waals surface area contributed by atoms with E-state index in [1.807, 2.05) is 0 Å². The summed E-state index contributed by atoms with van der Waals surface area (Å²) in [6.45, 7) is 4.94. The van der Waals surface area contributed by atoms with Gasteiger partial charge in [-0.3, -0.25) is 24.1 Å². The van der Waals surface area contributed by atoms with Crippen LogP contribution < -0.4 is 5.32 Å². The largest absolute Gasteiger partial charge is 0.334 e. The summed E-state index contributed by atoms with van der Waals surface area (Å²) in [4.78, 5) is 61.4. The van der Waals surface area contributed by atoms with Crippen LogP contribution in [-0.4, -0.2) is 52.4 Å². The lowest BCUT2D eigenvalue weighted by Crippen LogP contribution is -2.37. The van der Waals surface area contributed by atoms with E-state index in [0.717, 1.165) is 4.90 Å². The van der Waals surface area contributed by atoms with Gasteiger partial charge in [0.05, 0.1) is 6.54 Å². The molecule has 0 bridgehead atoms. The summed E-state index contributed by atoms with van der Waals surface area (Å²) >= 11 is 0. The molecule has 0 aromatic heterocycles. The van der Waals surface area contributed by atoms with Crippen molar-refractivity contribution in [1.29, 1.82) is 0 Å². The van der Waals surface area contributed by atoms with Gasteiger partial charge in [-0.05, 0) is 30.7 Å². The molecule has 0 aliphatic carbocycles. The molecule has 1 aliphatic rings. The second kappa shape index (κ2) is 7.90. The third-order valence-corrected chi connectivity index (χ3v) is 3.88. The monoisotopic (exact) mass is 359 g/mol. The van der Waals surface area contributed by atoms with E-state index in [9.17, 15) is 24.0 Å². The van der Waals surface area contributed by atoms with Crippen LogP contribution in [0.3, 0.4) is 0 Å². The molecule has 1 saturated heterocycles. The van der Waals surface area contributed by atoms with E-state index in [1.165, 1.54) is 12.1 Å². The molecule has 0 atom stereocenters. The number of amides is 5. The summed E-state index contributed by atoms with van der Waals surface area (Å²) in [6, 6.07) is 5.35. The van der Waals surface area contributed by atoms with Crippen LogP contribution >= 0.6 is 0 Å². The van der Waals surface area contributed by atoms with E-state index >= 15 is 0 Å². The molecular weight excluding hydrogens is 338 g/mol. The third-order valence-electron chi connectivity index (χ3n) is 3.88. The molecule has 8 nitrogen and oxygen atoms in total. The van der Waals surface area contributed by atoms with Crippen LogP contribution in [0.15, 0.2) is 24.3 Å². The van der Waals surface area contributed by atoms with Crippen molar-refractivity contribution in [3.8, 4) is 0 Å². The van der Waals surface area contributed by atoms with E-state index in [2.05, 4.69) is 5.32 Å². The smallest absolute Gasteiger partial charge is 0.326 e. The molecule has 5 amide bonds. The number of nitrogens with zero attached hydrogens (tertiary/aromatic N) is 2. The van der Waals surface area contributed by atoms with Gasteiger partial charge in [-0.15, -0.1) is 0 Å². The average Bonchev–Trinajstić information content (AvgIpc) is 2.80. The van der Waals surface area contributed by atoms with Crippen molar-refractivity contribution in [3.63, 3.8) is 0 Å². The summed E-state index contributed by atoms with van der Waals surface area (Å²) in [7, 11) is 0. The molecule has 0 saturated carbocycles. The molecular formula is C18H21N3O5. The van der Waals surface area contributed by atoms with Gasteiger partial charge in [-0.1, -0.05) is 20.8 Å². The molecule has 26 heavy (non-hydrogen) atoms. The summed E-state index contributed by atoms with van der Waals surface area (Å²) in [5.41, 5.74) is 0.812. The third kappa shape index (κ3) is 3.96. The van der Waals surface area contributed by atoms with Gasteiger partial charge in [0.1, 0.15) is 0 Å². The van der Waals surface area contributed by atoms with Crippen molar-refractivity contribution in [2.24, 2.45) is 5.92 Å². The van der Waals surface area contributed by atoms with Crippen LogP contribution in [0.2, 0.25) is 0 Å². The number of rotatable bonds is 7. The first kappa shape index (κ1) is 19.3. The molecule has 0 spiro atoms. The number of urea groups is 1. The van der Waals surface area contributed by atoms with Gasteiger partial charge in [-0.2, -0.15) is 0 Å². The predicted molar refractivity (Wildman–Crippen MR) is 93.4 cm³/mol. The van der Waals surface area contributed by atoms with E-state index in [0.29, 0.717) is 17.0 Å². The molecule has 1 fully saturated rings. The van der Waals surface area contributed by atoms with Crippen LogP contribution in [-0.2, 0) is 14.4 Å².